The van der Waals surface area contributed by atoms with Crippen molar-refractivity contribution in [1.29, 1.82) is 0 Å². The smallest absolute Gasteiger partial charge is 0.325 e. The van der Waals surface area contributed by atoms with Gasteiger partial charge >= 0.3 is 17.8 Å². The van der Waals surface area contributed by atoms with Gasteiger partial charge in [-0.1, -0.05) is 30.3 Å². The van der Waals surface area contributed by atoms with Gasteiger partial charge in [-0.3, -0.25) is 29.3 Å². The number of carbonyl (C=O) groups excluding carboxylic acids is 5. The van der Waals surface area contributed by atoms with Crippen molar-refractivity contribution in [1.82, 2.24) is 25.5 Å². The van der Waals surface area contributed by atoms with Crippen molar-refractivity contribution >= 4 is 29.7 Å². The van der Waals surface area contributed by atoms with Crippen LogP contribution in [0.25, 0.3) is 0 Å². The number of benzene rings is 1. The molecule has 2 aliphatic heterocycles. The highest BCUT2D eigenvalue weighted by molar-refractivity contribution is 6.38. The van der Waals surface area contributed by atoms with Crippen LogP contribution < -0.4 is 10.6 Å². The summed E-state index contributed by atoms with van der Waals surface area (Å²) in [4.78, 5) is 63.8. The summed E-state index contributed by atoms with van der Waals surface area (Å²) in [6, 6.07) is 4.65. The number of imide groups is 1. The summed E-state index contributed by atoms with van der Waals surface area (Å²) >= 11 is 0. The molecule has 0 radical (unpaired) electrons. The molecule has 0 aromatic heterocycles. The van der Waals surface area contributed by atoms with Crippen molar-refractivity contribution < 1.29 is 29.2 Å². The molecule has 0 spiro atoms. The molecule has 11 nitrogen and oxygen atoms in total. The molecular formula is C19H23N5O6. The van der Waals surface area contributed by atoms with Gasteiger partial charge in [0.2, 0.25) is 5.91 Å². The highest BCUT2D eigenvalue weighted by Crippen LogP contribution is 2.20. The SMILES string of the molecule is CCN1CCN(C(=O)NC(C(=O)N[C@@H]2C(=O)N(O)[C@H]2C)c2ccccc2)C(=O)C1=O. The Morgan fingerprint density at radius 2 is 1.80 bits per heavy atom. The number of hydrogen-bond acceptors (Lipinski definition) is 6. The largest absolute Gasteiger partial charge is 0.340 e. The van der Waals surface area contributed by atoms with E-state index in [0.717, 1.165) is 4.90 Å². The second-order valence-corrected chi connectivity index (χ2v) is 7.04. The summed E-state index contributed by atoms with van der Waals surface area (Å²) in [7, 11) is 0. The van der Waals surface area contributed by atoms with Crippen molar-refractivity contribution in [2.24, 2.45) is 0 Å². The first kappa shape index (κ1) is 21.2. The van der Waals surface area contributed by atoms with Crippen LogP contribution in [0.5, 0.6) is 0 Å². The Morgan fingerprint density at radius 1 is 1.13 bits per heavy atom. The quantitative estimate of drug-likeness (QED) is 0.327. The lowest BCUT2D eigenvalue weighted by Gasteiger charge is -2.41. The van der Waals surface area contributed by atoms with Gasteiger partial charge in [0.15, 0.2) is 0 Å². The average molecular weight is 417 g/mol. The van der Waals surface area contributed by atoms with E-state index >= 15 is 0 Å². The predicted octanol–water partition coefficient (Wildman–Crippen LogP) is -0.767. The summed E-state index contributed by atoms with van der Waals surface area (Å²) in [6.07, 6.45) is 0. The summed E-state index contributed by atoms with van der Waals surface area (Å²) in [6.45, 7) is 3.85. The standard InChI is InChI=1S/C19H23N5O6/c1-3-22-9-10-23(18(28)17(22)27)19(29)21-14(12-7-5-4-6-8-12)15(25)20-13-11(2)24(30)16(13)26/h4-8,11,13-14,30H,3,9-10H2,1-2H3,(H,20,25)(H,21,29)/t11-,13-,14?/m0/s1. The second-order valence-electron chi connectivity index (χ2n) is 7.04. The molecule has 1 aromatic rings. The lowest BCUT2D eigenvalue weighted by molar-refractivity contribution is -0.207. The molecule has 2 aliphatic rings. The fourth-order valence-corrected chi connectivity index (χ4v) is 3.34. The van der Waals surface area contributed by atoms with E-state index in [-0.39, 0.29) is 13.1 Å². The molecule has 2 heterocycles. The van der Waals surface area contributed by atoms with Crippen LogP contribution in [-0.4, -0.2) is 81.4 Å². The lowest BCUT2D eigenvalue weighted by Crippen LogP contribution is -2.69. The van der Waals surface area contributed by atoms with Crippen LogP contribution in [0.3, 0.4) is 0 Å². The van der Waals surface area contributed by atoms with Crippen LogP contribution in [0.1, 0.15) is 25.5 Å². The Kier molecular flexibility index (Phi) is 6.01. The van der Waals surface area contributed by atoms with E-state index in [2.05, 4.69) is 10.6 Å². The lowest BCUT2D eigenvalue weighted by atomic mass is 9.98. The van der Waals surface area contributed by atoms with Crippen molar-refractivity contribution in [3.05, 3.63) is 35.9 Å². The first-order chi connectivity index (χ1) is 14.3. The molecular weight excluding hydrogens is 394 g/mol. The summed E-state index contributed by atoms with van der Waals surface area (Å²) in [5, 5.41) is 14.9. The number of piperazine rings is 1. The number of hydroxylamine groups is 2. The molecule has 2 saturated heterocycles. The maximum Gasteiger partial charge on any atom is 0.325 e. The zero-order valence-electron chi connectivity index (χ0n) is 16.6. The number of hydrogen-bond donors (Lipinski definition) is 3. The highest BCUT2D eigenvalue weighted by Gasteiger charge is 2.46. The predicted molar refractivity (Wildman–Crippen MR) is 102 cm³/mol. The molecule has 6 amide bonds. The van der Waals surface area contributed by atoms with Crippen LogP contribution in [0, 0.1) is 0 Å². The minimum atomic E-state index is -1.21. The van der Waals surface area contributed by atoms with Crippen LogP contribution in [0.15, 0.2) is 30.3 Å². The molecule has 1 unspecified atom stereocenters. The number of rotatable bonds is 5. The van der Waals surface area contributed by atoms with Gasteiger partial charge in [-0.25, -0.2) is 9.86 Å². The number of β-lactam (4-membered cyclic amide) rings is 1. The fourth-order valence-electron chi connectivity index (χ4n) is 3.34. The average Bonchev–Trinajstić information content (AvgIpc) is 2.77. The molecule has 3 rings (SSSR count). The van der Waals surface area contributed by atoms with Crippen LogP contribution in [0.2, 0.25) is 0 Å². The van der Waals surface area contributed by atoms with Crippen LogP contribution in [-0.2, 0) is 19.2 Å². The maximum absolute atomic E-state index is 12.9. The van der Waals surface area contributed by atoms with E-state index in [4.69, 9.17) is 0 Å². The van der Waals surface area contributed by atoms with E-state index in [0.29, 0.717) is 17.2 Å². The summed E-state index contributed by atoms with van der Waals surface area (Å²) < 4.78 is 0. The molecule has 3 atom stereocenters. The number of likely N-dealkylation sites (N-methyl/N-ethyl adjacent to an activating group) is 1. The van der Waals surface area contributed by atoms with Gasteiger partial charge in [-0.2, -0.15) is 0 Å². The van der Waals surface area contributed by atoms with E-state index in [1.165, 1.54) is 4.90 Å². The van der Waals surface area contributed by atoms with Crippen LogP contribution >= 0.6 is 0 Å². The number of nitrogens with zero attached hydrogens (tertiary/aromatic N) is 3. The second kappa shape index (κ2) is 8.49. The third-order valence-electron chi connectivity index (χ3n) is 5.26. The van der Waals surface area contributed by atoms with Crippen molar-refractivity contribution in [3.63, 3.8) is 0 Å². The van der Waals surface area contributed by atoms with Crippen LogP contribution in [0.4, 0.5) is 4.79 Å². The minimum absolute atomic E-state index is 0.00495. The molecule has 1 aromatic carbocycles. The Bertz CT molecular complexity index is 875. The van der Waals surface area contributed by atoms with Gasteiger partial charge in [0.05, 0.1) is 6.04 Å². The normalized spacial score (nSPS) is 22.5. The minimum Gasteiger partial charge on any atom is -0.340 e. The van der Waals surface area contributed by atoms with Gasteiger partial charge in [0.25, 0.3) is 5.91 Å². The molecule has 0 saturated carbocycles. The maximum atomic E-state index is 12.9. The monoisotopic (exact) mass is 417 g/mol. The molecule has 3 N–H and O–H groups in total. The van der Waals surface area contributed by atoms with E-state index in [1.807, 2.05) is 0 Å². The molecule has 2 fully saturated rings. The molecule has 0 aliphatic carbocycles. The van der Waals surface area contributed by atoms with Gasteiger partial charge in [-0.15, -0.1) is 0 Å². The zero-order valence-corrected chi connectivity index (χ0v) is 16.6. The molecule has 160 valence electrons. The molecule has 30 heavy (non-hydrogen) atoms. The Labute approximate surface area is 172 Å². The fraction of sp³-hybridized carbons (Fsp3) is 0.421. The van der Waals surface area contributed by atoms with Gasteiger partial charge in [0.1, 0.15) is 12.1 Å². The van der Waals surface area contributed by atoms with Crippen molar-refractivity contribution in [3.8, 4) is 0 Å². The third kappa shape index (κ3) is 3.83. The van der Waals surface area contributed by atoms with Gasteiger partial charge in [-0.05, 0) is 19.4 Å². The van der Waals surface area contributed by atoms with E-state index < -0.39 is 47.8 Å². The Balaban J connectivity index is 1.76. The third-order valence-corrected chi connectivity index (χ3v) is 5.26. The number of carbonyl (C=O) groups is 5. The number of nitrogens with one attached hydrogen (secondary N) is 2. The van der Waals surface area contributed by atoms with E-state index in [1.54, 1.807) is 44.2 Å². The first-order valence-corrected chi connectivity index (χ1v) is 9.54. The Hall–Kier alpha value is -3.47. The van der Waals surface area contributed by atoms with Gasteiger partial charge < -0.3 is 15.5 Å². The van der Waals surface area contributed by atoms with E-state index in [9.17, 15) is 29.2 Å². The molecule has 0 bridgehead atoms. The Morgan fingerprint density at radius 3 is 2.40 bits per heavy atom. The summed E-state index contributed by atoms with van der Waals surface area (Å²) in [5.74, 6) is -3.09. The van der Waals surface area contributed by atoms with Gasteiger partial charge in [0, 0.05) is 19.6 Å². The first-order valence-electron chi connectivity index (χ1n) is 9.54. The highest BCUT2D eigenvalue weighted by atomic mass is 16.5. The zero-order chi connectivity index (χ0) is 22.0. The number of amides is 6. The van der Waals surface area contributed by atoms with Crippen molar-refractivity contribution in [2.75, 3.05) is 19.6 Å². The van der Waals surface area contributed by atoms with Crippen molar-refractivity contribution in [2.45, 2.75) is 32.0 Å². The summed E-state index contributed by atoms with van der Waals surface area (Å²) in [5.41, 5.74) is 0.426. The number of urea groups is 1. The molecule has 11 heteroatoms. The topological polar surface area (TPSA) is 139 Å².